The maximum atomic E-state index is 3.85. The first kappa shape index (κ1) is 21.0. The molecule has 2 atom stereocenters. The molecule has 0 saturated carbocycles. The largest absolute Gasteiger partial charge is 0.377 e. The average Bonchev–Trinajstić information content (AvgIpc) is 3.65. The molecule has 5 aromatic carbocycles. The summed E-state index contributed by atoms with van der Waals surface area (Å²) in [5, 5.41) is 9.00. The Morgan fingerprint density at radius 3 is 1.82 bits per heavy atom. The molecule has 1 N–H and O–H groups in total. The lowest BCUT2D eigenvalue weighted by Gasteiger charge is -2.15. The predicted molar refractivity (Wildman–Crippen MR) is 164 cm³/mol. The Morgan fingerprint density at radius 1 is 0.513 bits per heavy atom. The number of aromatic nitrogens is 2. The molecular weight excluding hydrogens is 474 g/mol. The van der Waals surface area contributed by atoms with Crippen LogP contribution in [0.2, 0.25) is 0 Å². The summed E-state index contributed by atoms with van der Waals surface area (Å²) in [5.74, 6) is 0.384. The van der Waals surface area contributed by atoms with Crippen LogP contribution in [-0.4, -0.2) is 15.2 Å². The van der Waals surface area contributed by atoms with Gasteiger partial charge in [0.25, 0.3) is 0 Å². The second-order valence-electron chi connectivity index (χ2n) is 10.6. The van der Waals surface area contributed by atoms with Crippen LogP contribution in [0.1, 0.15) is 11.5 Å². The first-order valence-electron chi connectivity index (χ1n) is 13.6. The fourth-order valence-electron chi connectivity index (χ4n) is 6.97. The summed E-state index contributed by atoms with van der Waals surface area (Å²) in [6, 6.07) is 40.1. The highest BCUT2D eigenvalue weighted by Gasteiger charge is 2.32. The zero-order valence-corrected chi connectivity index (χ0v) is 21.3. The van der Waals surface area contributed by atoms with Crippen LogP contribution in [0.5, 0.6) is 0 Å². The van der Waals surface area contributed by atoms with Crippen molar-refractivity contribution in [2.24, 2.45) is 0 Å². The van der Waals surface area contributed by atoms with Gasteiger partial charge in [-0.1, -0.05) is 91.0 Å². The second kappa shape index (κ2) is 7.75. The molecule has 0 bridgehead atoms. The van der Waals surface area contributed by atoms with Crippen LogP contribution in [0.3, 0.4) is 0 Å². The van der Waals surface area contributed by atoms with E-state index in [1.165, 1.54) is 54.9 Å². The van der Waals surface area contributed by atoms with Gasteiger partial charge in [0.05, 0.1) is 28.1 Å². The zero-order valence-electron chi connectivity index (χ0n) is 21.3. The number of anilines is 1. The molecule has 3 heterocycles. The third kappa shape index (κ3) is 2.82. The van der Waals surface area contributed by atoms with Crippen molar-refractivity contribution in [3.63, 3.8) is 0 Å². The zero-order chi connectivity index (χ0) is 25.5. The lowest BCUT2D eigenvalue weighted by molar-refractivity contribution is 0.805. The molecule has 3 heteroatoms. The van der Waals surface area contributed by atoms with Crippen LogP contribution in [0, 0.1) is 0 Å². The van der Waals surface area contributed by atoms with E-state index in [0.717, 1.165) is 11.4 Å². The summed E-state index contributed by atoms with van der Waals surface area (Å²) >= 11 is 0. The third-order valence-electron chi connectivity index (χ3n) is 8.60. The smallest absolute Gasteiger partial charge is 0.0562 e. The monoisotopic (exact) mass is 499 g/mol. The second-order valence-corrected chi connectivity index (χ2v) is 10.6. The first-order chi connectivity index (χ1) is 19.4. The molecule has 0 radical (unpaired) electrons. The van der Waals surface area contributed by atoms with E-state index in [2.05, 4.69) is 148 Å². The maximum Gasteiger partial charge on any atom is 0.0562 e. The van der Waals surface area contributed by atoms with Crippen molar-refractivity contribution in [2.75, 3.05) is 5.32 Å². The summed E-state index contributed by atoms with van der Waals surface area (Å²) < 4.78 is 4.82. The van der Waals surface area contributed by atoms with Gasteiger partial charge >= 0.3 is 0 Å². The van der Waals surface area contributed by atoms with Gasteiger partial charge in [-0.05, 0) is 48.0 Å². The Bertz CT molecular complexity index is 2120. The Kier molecular flexibility index (Phi) is 4.17. The van der Waals surface area contributed by atoms with Crippen molar-refractivity contribution in [1.29, 1.82) is 0 Å². The molecular formula is C36H25N3. The van der Waals surface area contributed by atoms with Gasteiger partial charge in [-0.15, -0.1) is 0 Å². The number of para-hydroxylation sites is 3. The topological polar surface area (TPSA) is 21.9 Å². The molecule has 1 aliphatic carbocycles. The van der Waals surface area contributed by atoms with Gasteiger partial charge in [0.2, 0.25) is 0 Å². The minimum absolute atomic E-state index is 0.316. The highest BCUT2D eigenvalue weighted by Crippen LogP contribution is 2.46. The fraction of sp³-hybridized carbons (Fsp3) is 0.0556. The average molecular weight is 500 g/mol. The first-order valence-corrected chi connectivity index (χ1v) is 13.6. The molecule has 3 nitrogen and oxygen atoms in total. The van der Waals surface area contributed by atoms with Gasteiger partial charge in [0, 0.05) is 44.5 Å². The van der Waals surface area contributed by atoms with E-state index in [0.29, 0.717) is 12.0 Å². The molecule has 0 amide bonds. The van der Waals surface area contributed by atoms with E-state index in [4.69, 9.17) is 0 Å². The van der Waals surface area contributed by atoms with Crippen molar-refractivity contribution in [1.82, 2.24) is 9.13 Å². The number of benzene rings is 5. The maximum absolute atomic E-state index is 3.85. The van der Waals surface area contributed by atoms with Crippen LogP contribution < -0.4 is 5.32 Å². The number of nitrogens with one attached hydrogen (secondary N) is 1. The quantitative estimate of drug-likeness (QED) is 0.252. The molecule has 184 valence electrons. The summed E-state index contributed by atoms with van der Waals surface area (Å²) in [5.41, 5.74) is 9.89. The molecule has 0 fully saturated rings. The van der Waals surface area contributed by atoms with Gasteiger partial charge < -0.3 is 14.5 Å². The number of allylic oxidation sites excluding steroid dienone is 2. The Balaban J connectivity index is 1.32. The van der Waals surface area contributed by atoms with Crippen molar-refractivity contribution < 1.29 is 0 Å². The minimum atomic E-state index is 0.316. The van der Waals surface area contributed by atoms with Gasteiger partial charge in [-0.25, -0.2) is 0 Å². The van der Waals surface area contributed by atoms with Crippen molar-refractivity contribution in [3.8, 4) is 11.4 Å². The van der Waals surface area contributed by atoms with Gasteiger partial charge in [-0.2, -0.15) is 0 Å². The molecule has 9 rings (SSSR count). The Morgan fingerprint density at radius 2 is 1.10 bits per heavy atom. The fourth-order valence-corrected chi connectivity index (χ4v) is 6.97. The van der Waals surface area contributed by atoms with Gasteiger partial charge in [0.15, 0.2) is 0 Å². The van der Waals surface area contributed by atoms with Crippen LogP contribution >= 0.6 is 0 Å². The molecule has 2 unspecified atom stereocenters. The summed E-state index contributed by atoms with van der Waals surface area (Å²) in [4.78, 5) is 0. The normalized spacial score (nSPS) is 17.7. The van der Waals surface area contributed by atoms with E-state index in [9.17, 15) is 0 Å². The minimum Gasteiger partial charge on any atom is -0.377 e. The van der Waals surface area contributed by atoms with Crippen molar-refractivity contribution >= 4 is 49.3 Å². The number of nitrogens with zero attached hydrogens (tertiary/aromatic N) is 2. The lowest BCUT2D eigenvalue weighted by Crippen LogP contribution is -2.17. The molecule has 39 heavy (non-hydrogen) atoms. The van der Waals surface area contributed by atoms with Gasteiger partial charge in [-0.3, -0.25) is 0 Å². The van der Waals surface area contributed by atoms with E-state index < -0.39 is 0 Å². The van der Waals surface area contributed by atoms with E-state index in [1.807, 2.05) is 0 Å². The third-order valence-corrected chi connectivity index (χ3v) is 8.60. The summed E-state index contributed by atoms with van der Waals surface area (Å²) in [6.45, 7) is 0. The molecule has 1 aliphatic heterocycles. The van der Waals surface area contributed by atoms with E-state index in [-0.39, 0.29) is 0 Å². The Hall–Kier alpha value is -5.02. The lowest BCUT2D eigenvalue weighted by atomic mass is 9.91. The molecule has 2 aromatic heterocycles. The predicted octanol–water partition coefficient (Wildman–Crippen LogP) is 8.88. The van der Waals surface area contributed by atoms with Crippen molar-refractivity contribution in [3.05, 3.63) is 139 Å². The number of hydrogen-bond donors (Lipinski definition) is 1. The number of hydrogen-bond acceptors (Lipinski definition) is 1. The standard InChI is InChI=1S/C36H25N3/c1-5-16-30-25(12-1)28-20-21-34-35(36(28)37-30)29-15-4-8-19-33(29)39(34)24-11-9-10-23(22-24)38-31-17-6-2-13-26(31)27-14-3-7-18-32(27)38/h1-22,25,30,37H. The molecule has 0 saturated heterocycles. The van der Waals surface area contributed by atoms with Crippen LogP contribution in [0.4, 0.5) is 5.69 Å². The number of fused-ring (bicyclic) bond motifs is 10. The van der Waals surface area contributed by atoms with E-state index >= 15 is 0 Å². The highest BCUT2D eigenvalue weighted by molar-refractivity contribution is 6.16. The van der Waals surface area contributed by atoms with Crippen LogP contribution in [0.25, 0.3) is 55.0 Å². The SMILES string of the molecule is C1=CC2Nc3c(ccc4c3c3ccccc3n4-c3cccc(-n4c5ccccc5c5ccccc54)c3)C2C=C1. The van der Waals surface area contributed by atoms with Crippen molar-refractivity contribution in [2.45, 2.75) is 12.0 Å². The summed E-state index contributed by atoms with van der Waals surface area (Å²) in [7, 11) is 0. The van der Waals surface area contributed by atoms with Crippen LogP contribution in [0.15, 0.2) is 133 Å². The summed E-state index contributed by atoms with van der Waals surface area (Å²) in [6.07, 6.45) is 8.93. The van der Waals surface area contributed by atoms with E-state index in [1.54, 1.807) is 0 Å². The Labute approximate surface area is 225 Å². The van der Waals surface area contributed by atoms with Crippen LogP contribution in [-0.2, 0) is 0 Å². The highest BCUT2D eigenvalue weighted by atomic mass is 15.0. The molecule has 0 spiro atoms. The molecule has 7 aromatic rings. The molecule has 2 aliphatic rings. The van der Waals surface area contributed by atoms with Gasteiger partial charge in [0.1, 0.15) is 0 Å². The number of rotatable bonds is 2.